The molecule has 0 radical (unpaired) electrons. The molecule has 32 heavy (non-hydrogen) atoms. The molecule has 4 heteroatoms. The Morgan fingerprint density at radius 3 is 2.50 bits per heavy atom. The summed E-state index contributed by atoms with van der Waals surface area (Å²) in [6.07, 6.45) is 4.92. The quantitative estimate of drug-likeness (QED) is 0.485. The van der Waals surface area contributed by atoms with Crippen LogP contribution in [0.15, 0.2) is 60.7 Å². The molecular weight excluding hydrogens is 394 g/mol. The fourth-order valence-electron chi connectivity index (χ4n) is 4.75. The number of hydrogen-bond donors (Lipinski definition) is 1. The maximum absolute atomic E-state index is 13.1. The fourth-order valence-corrected chi connectivity index (χ4v) is 4.75. The summed E-state index contributed by atoms with van der Waals surface area (Å²) in [4.78, 5) is 15.7. The zero-order valence-corrected chi connectivity index (χ0v) is 19.6. The van der Waals surface area contributed by atoms with Gasteiger partial charge in [0.25, 0.3) is 5.91 Å². The molecule has 2 heterocycles. The minimum absolute atomic E-state index is 0.0113. The Morgan fingerprint density at radius 2 is 1.78 bits per heavy atom. The van der Waals surface area contributed by atoms with Gasteiger partial charge in [-0.15, -0.1) is 0 Å². The number of likely N-dealkylation sites (tertiary alicyclic amines) is 1. The first-order chi connectivity index (χ1) is 15.5. The van der Waals surface area contributed by atoms with Crippen molar-refractivity contribution in [1.82, 2.24) is 14.8 Å². The van der Waals surface area contributed by atoms with Gasteiger partial charge in [-0.3, -0.25) is 4.79 Å². The van der Waals surface area contributed by atoms with E-state index in [4.69, 9.17) is 0 Å². The number of carbonyl (C=O) groups excluding carboxylic acids is 1. The first-order valence-electron chi connectivity index (χ1n) is 11.9. The van der Waals surface area contributed by atoms with Crippen molar-refractivity contribution in [2.45, 2.75) is 52.5 Å². The second-order valence-electron chi connectivity index (χ2n) is 9.06. The molecule has 0 bridgehead atoms. The third kappa shape index (κ3) is 4.97. The molecule has 0 aliphatic carbocycles. The highest BCUT2D eigenvalue weighted by Gasteiger charge is 2.20. The minimum atomic E-state index is 0.0113. The van der Waals surface area contributed by atoms with Crippen LogP contribution < -0.4 is 5.32 Å². The molecule has 1 aromatic heterocycles. The summed E-state index contributed by atoms with van der Waals surface area (Å²) in [7, 11) is 0. The molecule has 168 valence electrons. The Morgan fingerprint density at radius 1 is 1.03 bits per heavy atom. The maximum atomic E-state index is 13.1. The summed E-state index contributed by atoms with van der Waals surface area (Å²) >= 11 is 0. The summed E-state index contributed by atoms with van der Waals surface area (Å²) in [5, 5.41) is 3.17. The number of aryl methyl sites for hydroxylation is 1. The molecule has 1 fully saturated rings. The molecule has 1 saturated heterocycles. The number of hydrogen-bond acceptors (Lipinski definition) is 2. The molecule has 0 unspecified atom stereocenters. The van der Waals surface area contributed by atoms with E-state index in [1.807, 2.05) is 31.2 Å². The molecule has 1 amide bonds. The van der Waals surface area contributed by atoms with Gasteiger partial charge in [-0.2, -0.15) is 0 Å². The highest BCUT2D eigenvalue weighted by Crippen LogP contribution is 2.29. The van der Waals surface area contributed by atoms with Crippen LogP contribution in [0, 0.1) is 13.8 Å². The van der Waals surface area contributed by atoms with Crippen LogP contribution >= 0.6 is 0 Å². The molecule has 1 N–H and O–H groups in total. The van der Waals surface area contributed by atoms with Crippen molar-refractivity contribution in [3.05, 3.63) is 77.5 Å². The predicted octanol–water partition coefficient (Wildman–Crippen LogP) is 5.76. The van der Waals surface area contributed by atoms with E-state index in [-0.39, 0.29) is 5.91 Å². The van der Waals surface area contributed by atoms with Crippen LogP contribution in [0.1, 0.15) is 54.2 Å². The smallest absolute Gasteiger partial charge is 0.253 e. The predicted molar refractivity (Wildman–Crippen MR) is 133 cm³/mol. The van der Waals surface area contributed by atoms with Crippen molar-refractivity contribution in [2.24, 2.45) is 0 Å². The number of carbonyl (C=O) groups is 1. The second kappa shape index (κ2) is 10.2. The van der Waals surface area contributed by atoms with Crippen molar-refractivity contribution >= 4 is 5.91 Å². The summed E-state index contributed by atoms with van der Waals surface area (Å²) in [6, 6.07) is 21.5. The highest BCUT2D eigenvalue weighted by atomic mass is 16.1. The molecule has 4 nitrogen and oxygen atoms in total. The van der Waals surface area contributed by atoms with Crippen molar-refractivity contribution in [3.63, 3.8) is 0 Å². The van der Waals surface area contributed by atoms with Gasteiger partial charge in [0, 0.05) is 30.5 Å². The molecule has 0 spiro atoms. The zero-order chi connectivity index (χ0) is 22.5. The number of nitrogens with one attached hydrogen (secondary N) is 1. The van der Waals surface area contributed by atoms with Gasteiger partial charge in [-0.05, 0) is 70.3 Å². The molecule has 1 atom stereocenters. The van der Waals surface area contributed by atoms with E-state index in [1.165, 1.54) is 31.4 Å². The van der Waals surface area contributed by atoms with Crippen molar-refractivity contribution in [3.8, 4) is 16.9 Å². The van der Waals surface area contributed by atoms with Gasteiger partial charge in [0.15, 0.2) is 0 Å². The lowest BCUT2D eigenvalue weighted by Crippen LogP contribution is -2.39. The SMILES string of the molecule is Cc1ccc(-n2c(-c3ccccc3)cc(C(=O)NCCCN3CCCC[C@H]3C)c2C)cc1. The Balaban J connectivity index is 1.52. The molecule has 0 saturated carbocycles. The van der Waals surface area contributed by atoms with E-state index in [2.05, 4.69) is 65.0 Å². The lowest BCUT2D eigenvalue weighted by atomic mass is 10.0. The monoisotopic (exact) mass is 429 g/mol. The standard InChI is InChI=1S/C28H35N3O/c1-21-13-15-25(16-14-21)31-23(3)26(20-27(31)24-11-5-4-6-12-24)28(32)29-17-9-19-30-18-8-7-10-22(30)2/h4-6,11-16,20,22H,7-10,17-19H2,1-3H3,(H,29,32)/t22-/m1/s1. The van der Waals surface area contributed by atoms with E-state index in [0.717, 1.165) is 41.2 Å². The number of nitrogens with zero attached hydrogens (tertiary/aromatic N) is 2. The molecule has 4 rings (SSSR count). The first kappa shape index (κ1) is 22.3. The van der Waals surface area contributed by atoms with E-state index >= 15 is 0 Å². The fraction of sp³-hybridized carbons (Fsp3) is 0.393. The van der Waals surface area contributed by atoms with Gasteiger partial charge in [0.05, 0.1) is 11.3 Å². The first-order valence-corrected chi connectivity index (χ1v) is 11.9. The third-order valence-electron chi connectivity index (χ3n) is 6.70. The van der Waals surface area contributed by atoms with E-state index in [0.29, 0.717) is 12.6 Å². The Bertz CT molecular complexity index is 1040. The summed E-state index contributed by atoms with van der Waals surface area (Å²) < 4.78 is 2.19. The Kier molecular flexibility index (Phi) is 7.11. The van der Waals surface area contributed by atoms with Gasteiger partial charge >= 0.3 is 0 Å². The van der Waals surface area contributed by atoms with Crippen molar-refractivity contribution < 1.29 is 4.79 Å². The number of amides is 1. The lowest BCUT2D eigenvalue weighted by Gasteiger charge is -2.33. The summed E-state index contributed by atoms with van der Waals surface area (Å²) in [5.74, 6) is 0.0113. The average molecular weight is 430 g/mol. The lowest BCUT2D eigenvalue weighted by molar-refractivity contribution is 0.0948. The van der Waals surface area contributed by atoms with Crippen LogP contribution in [0.4, 0.5) is 0 Å². The van der Waals surface area contributed by atoms with Gasteiger partial charge in [0.2, 0.25) is 0 Å². The van der Waals surface area contributed by atoms with Gasteiger partial charge in [0.1, 0.15) is 0 Å². The minimum Gasteiger partial charge on any atom is -0.352 e. The highest BCUT2D eigenvalue weighted by molar-refractivity contribution is 5.97. The summed E-state index contributed by atoms with van der Waals surface area (Å²) in [5.41, 5.74) is 6.16. The average Bonchev–Trinajstić information content (AvgIpc) is 3.16. The third-order valence-corrected chi connectivity index (χ3v) is 6.70. The number of benzene rings is 2. The van der Waals surface area contributed by atoms with E-state index in [9.17, 15) is 4.79 Å². The topological polar surface area (TPSA) is 37.3 Å². The van der Waals surface area contributed by atoms with Gasteiger partial charge in [-0.25, -0.2) is 0 Å². The van der Waals surface area contributed by atoms with Crippen LogP contribution in [0.5, 0.6) is 0 Å². The van der Waals surface area contributed by atoms with E-state index in [1.54, 1.807) is 0 Å². The van der Waals surface area contributed by atoms with Crippen molar-refractivity contribution in [1.29, 1.82) is 0 Å². The van der Waals surface area contributed by atoms with Crippen LogP contribution in [0.3, 0.4) is 0 Å². The molecule has 3 aromatic rings. The second-order valence-corrected chi connectivity index (χ2v) is 9.06. The molecule has 2 aromatic carbocycles. The van der Waals surface area contributed by atoms with Crippen LogP contribution in [-0.2, 0) is 0 Å². The van der Waals surface area contributed by atoms with Crippen LogP contribution in [0.2, 0.25) is 0 Å². The Labute approximate surface area is 192 Å². The number of piperidine rings is 1. The summed E-state index contributed by atoms with van der Waals surface area (Å²) in [6.45, 7) is 9.40. The normalized spacial score (nSPS) is 16.8. The zero-order valence-electron chi connectivity index (χ0n) is 19.6. The molecule has 1 aliphatic rings. The number of rotatable bonds is 7. The largest absolute Gasteiger partial charge is 0.352 e. The van der Waals surface area contributed by atoms with Crippen molar-refractivity contribution in [2.75, 3.05) is 19.6 Å². The van der Waals surface area contributed by atoms with Crippen LogP contribution in [0.25, 0.3) is 16.9 Å². The van der Waals surface area contributed by atoms with Gasteiger partial charge in [-0.1, -0.05) is 54.4 Å². The van der Waals surface area contributed by atoms with Gasteiger partial charge < -0.3 is 14.8 Å². The van der Waals surface area contributed by atoms with Crippen LogP contribution in [-0.4, -0.2) is 41.1 Å². The molecular formula is C28H35N3O. The Hall–Kier alpha value is -2.85. The maximum Gasteiger partial charge on any atom is 0.253 e. The van der Waals surface area contributed by atoms with E-state index < -0.39 is 0 Å². The number of aromatic nitrogens is 1. The molecule has 1 aliphatic heterocycles.